The zero-order valence-corrected chi connectivity index (χ0v) is 11.0. The highest BCUT2D eigenvalue weighted by atomic mass is 79.9. The Bertz CT molecular complexity index is 665. The summed E-state index contributed by atoms with van der Waals surface area (Å²) in [6.45, 7) is 0.606. The maximum Gasteiger partial charge on any atom is 0.243 e. The third-order valence-electron chi connectivity index (χ3n) is 2.47. The number of anilines is 1. The molecule has 6 heteroatoms. The average molecular weight is 304 g/mol. The first-order valence-corrected chi connectivity index (χ1v) is 6.27. The Morgan fingerprint density at radius 2 is 2.17 bits per heavy atom. The van der Waals surface area contributed by atoms with Crippen LogP contribution in [0.4, 0.5) is 5.95 Å². The highest BCUT2D eigenvalue weighted by Crippen LogP contribution is 2.16. The fraction of sp³-hybridized carbons (Fsp3) is 0.0833. The summed E-state index contributed by atoms with van der Waals surface area (Å²) in [5.74, 6) is 0.590. The van der Waals surface area contributed by atoms with Crippen LogP contribution in [-0.2, 0) is 6.54 Å². The van der Waals surface area contributed by atoms with E-state index in [-0.39, 0.29) is 0 Å². The van der Waals surface area contributed by atoms with E-state index in [1.54, 1.807) is 10.7 Å². The summed E-state index contributed by atoms with van der Waals surface area (Å²) in [7, 11) is 0. The lowest BCUT2D eigenvalue weighted by Crippen LogP contribution is -2.02. The Labute approximate surface area is 112 Å². The van der Waals surface area contributed by atoms with Gasteiger partial charge in [-0.1, -0.05) is 6.07 Å². The molecule has 0 amide bonds. The van der Waals surface area contributed by atoms with Crippen molar-refractivity contribution in [1.82, 2.24) is 19.6 Å². The monoisotopic (exact) mass is 303 g/mol. The predicted molar refractivity (Wildman–Crippen MR) is 72.3 cm³/mol. The highest BCUT2D eigenvalue weighted by molar-refractivity contribution is 9.10. The first-order valence-electron chi connectivity index (χ1n) is 5.47. The Morgan fingerprint density at radius 1 is 1.22 bits per heavy atom. The molecule has 3 heterocycles. The van der Waals surface area contributed by atoms with E-state index in [4.69, 9.17) is 0 Å². The molecule has 3 aromatic rings. The molecule has 5 nitrogen and oxygen atoms in total. The zero-order valence-electron chi connectivity index (χ0n) is 9.42. The molecule has 3 aromatic heterocycles. The van der Waals surface area contributed by atoms with Gasteiger partial charge in [-0.25, -0.2) is 4.52 Å². The molecule has 0 spiro atoms. The van der Waals surface area contributed by atoms with Crippen LogP contribution in [0.2, 0.25) is 0 Å². The summed E-state index contributed by atoms with van der Waals surface area (Å²) in [4.78, 5) is 8.62. The van der Waals surface area contributed by atoms with Gasteiger partial charge in [0.05, 0.1) is 16.7 Å². The van der Waals surface area contributed by atoms with E-state index in [1.165, 1.54) is 0 Å². The second kappa shape index (κ2) is 4.73. The summed E-state index contributed by atoms with van der Waals surface area (Å²) in [6, 6.07) is 9.65. The number of hydrogen-bond acceptors (Lipinski definition) is 4. The number of rotatable bonds is 3. The number of nitrogens with one attached hydrogen (secondary N) is 1. The van der Waals surface area contributed by atoms with Gasteiger partial charge < -0.3 is 5.32 Å². The molecule has 0 bridgehead atoms. The van der Waals surface area contributed by atoms with Crippen molar-refractivity contribution in [3.63, 3.8) is 0 Å². The van der Waals surface area contributed by atoms with Crippen molar-refractivity contribution in [2.75, 3.05) is 5.32 Å². The van der Waals surface area contributed by atoms with Crippen LogP contribution in [0.15, 0.2) is 47.2 Å². The molecule has 0 atom stereocenters. The Kier molecular flexibility index (Phi) is 2.93. The summed E-state index contributed by atoms with van der Waals surface area (Å²) in [5.41, 5.74) is 1.75. The SMILES string of the molecule is Brc1cccn2nc(NCc3ccccn3)nc12. The standard InChI is InChI=1S/C12H10BrN5/c13-10-5-3-7-18-11(10)16-12(17-18)15-8-9-4-1-2-6-14-9/h1-7H,8H2,(H,15,17). The van der Waals surface area contributed by atoms with E-state index >= 15 is 0 Å². The van der Waals surface area contributed by atoms with Crippen LogP contribution in [-0.4, -0.2) is 19.6 Å². The Morgan fingerprint density at radius 3 is 2.94 bits per heavy atom. The zero-order chi connectivity index (χ0) is 12.4. The topological polar surface area (TPSA) is 55.1 Å². The van der Waals surface area contributed by atoms with Crippen LogP contribution in [0.5, 0.6) is 0 Å². The number of hydrogen-bond donors (Lipinski definition) is 1. The third-order valence-corrected chi connectivity index (χ3v) is 3.09. The molecule has 0 aliphatic rings. The van der Waals surface area contributed by atoms with Crippen molar-refractivity contribution in [3.05, 3.63) is 52.9 Å². The molecule has 18 heavy (non-hydrogen) atoms. The van der Waals surface area contributed by atoms with Gasteiger partial charge in [-0.3, -0.25) is 4.98 Å². The van der Waals surface area contributed by atoms with Crippen molar-refractivity contribution in [1.29, 1.82) is 0 Å². The second-order valence-corrected chi connectivity index (χ2v) is 4.59. The summed E-state index contributed by atoms with van der Waals surface area (Å²) in [6.07, 6.45) is 3.63. The Hall–Kier alpha value is -1.95. The fourth-order valence-electron chi connectivity index (χ4n) is 1.62. The van der Waals surface area contributed by atoms with Gasteiger partial charge in [0.1, 0.15) is 0 Å². The van der Waals surface area contributed by atoms with Gasteiger partial charge in [0.25, 0.3) is 0 Å². The minimum absolute atomic E-state index is 0.590. The lowest BCUT2D eigenvalue weighted by atomic mass is 10.3. The van der Waals surface area contributed by atoms with Crippen LogP contribution >= 0.6 is 15.9 Å². The largest absolute Gasteiger partial charge is 0.347 e. The van der Waals surface area contributed by atoms with Gasteiger partial charge in [-0.15, -0.1) is 5.10 Å². The maximum absolute atomic E-state index is 4.39. The van der Waals surface area contributed by atoms with Gasteiger partial charge in [0.2, 0.25) is 5.95 Å². The molecular weight excluding hydrogens is 294 g/mol. The highest BCUT2D eigenvalue weighted by Gasteiger charge is 2.05. The minimum atomic E-state index is 0.590. The van der Waals surface area contributed by atoms with E-state index < -0.39 is 0 Å². The van der Waals surface area contributed by atoms with E-state index in [9.17, 15) is 0 Å². The fourth-order valence-corrected chi connectivity index (χ4v) is 2.04. The van der Waals surface area contributed by atoms with Gasteiger partial charge in [-0.05, 0) is 40.2 Å². The lowest BCUT2D eigenvalue weighted by molar-refractivity contribution is 0.940. The van der Waals surface area contributed by atoms with E-state index in [0.717, 1.165) is 15.8 Å². The van der Waals surface area contributed by atoms with Crippen molar-refractivity contribution >= 4 is 27.5 Å². The summed E-state index contributed by atoms with van der Waals surface area (Å²) in [5, 5.41) is 7.48. The first kappa shape index (κ1) is 11.2. The first-order chi connectivity index (χ1) is 8.83. The summed E-state index contributed by atoms with van der Waals surface area (Å²) >= 11 is 3.44. The number of aromatic nitrogens is 4. The minimum Gasteiger partial charge on any atom is -0.347 e. The number of halogens is 1. The third kappa shape index (κ3) is 2.19. The van der Waals surface area contributed by atoms with Crippen LogP contribution in [0, 0.1) is 0 Å². The molecule has 0 fully saturated rings. The molecule has 0 saturated carbocycles. The number of pyridine rings is 2. The smallest absolute Gasteiger partial charge is 0.243 e. The predicted octanol–water partition coefficient (Wildman–Crippen LogP) is 2.50. The molecule has 90 valence electrons. The van der Waals surface area contributed by atoms with Crippen LogP contribution < -0.4 is 5.32 Å². The van der Waals surface area contributed by atoms with Gasteiger partial charge in [0, 0.05) is 12.4 Å². The molecule has 3 rings (SSSR count). The lowest BCUT2D eigenvalue weighted by Gasteiger charge is -1.99. The van der Waals surface area contributed by atoms with Crippen LogP contribution in [0.1, 0.15) is 5.69 Å². The van der Waals surface area contributed by atoms with Gasteiger partial charge in [-0.2, -0.15) is 4.98 Å². The normalized spacial score (nSPS) is 10.7. The van der Waals surface area contributed by atoms with Crippen LogP contribution in [0.25, 0.3) is 5.65 Å². The molecule has 0 saturated heterocycles. The molecule has 0 unspecified atom stereocenters. The number of nitrogens with zero attached hydrogens (tertiary/aromatic N) is 4. The molecule has 0 aliphatic carbocycles. The molecule has 0 aliphatic heterocycles. The average Bonchev–Trinajstić information content (AvgIpc) is 2.82. The van der Waals surface area contributed by atoms with Crippen molar-refractivity contribution < 1.29 is 0 Å². The van der Waals surface area contributed by atoms with Crippen molar-refractivity contribution in [3.8, 4) is 0 Å². The van der Waals surface area contributed by atoms with E-state index in [1.807, 2.05) is 36.5 Å². The van der Waals surface area contributed by atoms with Crippen molar-refractivity contribution in [2.45, 2.75) is 6.54 Å². The summed E-state index contributed by atoms with van der Waals surface area (Å²) < 4.78 is 2.65. The van der Waals surface area contributed by atoms with Crippen molar-refractivity contribution in [2.24, 2.45) is 0 Å². The maximum atomic E-state index is 4.39. The van der Waals surface area contributed by atoms with Gasteiger partial charge in [0.15, 0.2) is 5.65 Å². The van der Waals surface area contributed by atoms with Gasteiger partial charge >= 0.3 is 0 Å². The molecule has 0 aromatic carbocycles. The second-order valence-electron chi connectivity index (χ2n) is 3.73. The Balaban J connectivity index is 1.81. The number of fused-ring (bicyclic) bond motifs is 1. The van der Waals surface area contributed by atoms with E-state index in [2.05, 4.69) is 36.3 Å². The molecule has 1 N–H and O–H groups in total. The van der Waals surface area contributed by atoms with Crippen LogP contribution in [0.3, 0.4) is 0 Å². The molecule has 0 radical (unpaired) electrons. The quantitative estimate of drug-likeness (QED) is 0.808. The van der Waals surface area contributed by atoms with E-state index in [0.29, 0.717) is 12.5 Å². The molecular formula is C12H10BrN5.